The molecule has 0 atom stereocenters. The molecule has 5 nitrogen and oxygen atoms in total. The van der Waals surface area contributed by atoms with Crippen LogP contribution < -0.4 is 9.54 Å². The van der Waals surface area contributed by atoms with E-state index in [1.54, 1.807) is 29.5 Å². The molecule has 0 N–H and O–H groups in total. The van der Waals surface area contributed by atoms with Crippen LogP contribution in [0.4, 0.5) is 0 Å². The molecule has 0 saturated carbocycles. The van der Waals surface area contributed by atoms with Gasteiger partial charge in [-0.3, -0.25) is 4.79 Å². The highest BCUT2D eigenvalue weighted by atomic mass is 35.5. The van der Waals surface area contributed by atoms with Gasteiger partial charge < -0.3 is 9.30 Å². The fraction of sp³-hybridized carbons (Fsp3) is 0.278. The first kappa shape index (κ1) is 18.8. The van der Waals surface area contributed by atoms with Gasteiger partial charge in [0.2, 0.25) is 0 Å². The highest BCUT2D eigenvalue weighted by Crippen LogP contribution is 2.23. The summed E-state index contributed by atoms with van der Waals surface area (Å²) in [5, 5.41) is 0.472. The summed E-state index contributed by atoms with van der Waals surface area (Å²) >= 11 is 9.16. The van der Waals surface area contributed by atoms with Crippen LogP contribution in [0.15, 0.2) is 34.9 Å². The lowest BCUT2D eigenvalue weighted by Crippen LogP contribution is -2.17. The Hall–Kier alpha value is -1.96. The number of aryl methyl sites for hydroxylation is 4. The highest BCUT2D eigenvalue weighted by molar-refractivity contribution is 7.09. The number of thiazole rings is 2. The molecule has 26 heavy (non-hydrogen) atoms. The van der Waals surface area contributed by atoms with Crippen LogP contribution in [0.25, 0.3) is 0 Å². The first-order valence-corrected chi connectivity index (χ1v) is 10.0. The number of aromatic nitrogens is 2. The van der Waals surface area contributed by atoms with E-state index in [2.05, 4.69) is 9.98 Å². The summed E-state index contributed by atoms with van der Waals surface area (Å²) in [4.78, 5) is 24.3. The van der Waals surface area contributed by atoms with E-state index in [4.69, 9.17) is 16.3 Å². The average molecular weight is 408 g/mol. The maximum Gasteiger partial charge on any atom is 0.283 e. The predicted octanol–water partition coefficient (Wildman–Crippen LogP) is 4.27. The Kier molecular flexibility index (Phi) is 5.90. The van der Waals surface area contributed by atoms with E-state index < -0.39 is 0 Å². The molecule has 0 aliphatic rings. The minimum Gasteiger partial charge on any atom is -0.496 e. The molecular weight excluding hydrogens is 390 g/mol. The van der Waals surface area contributed by atoms with Gasteiger partial charge in [0.05, 0.1) is 23.9 Å². The Morgan fingerprint density at radius 2 is 2.19 bits per heavy atom. The van der Waals surface area contributed by atoms with Crippen molar-refractivity contribution in [2.45, 2.75) is 26.8 Å². The third-order valence-electron chi connectivity index (χ3n) is 3.85. The fourth-order valence-electron chi connectivity index (χ4n) is 2.53. The van der Waals surface area contributed by atoms with Crippen LogP contribution in [0.2, 0.25) is 5.02 Å². The molecule has 1 aromatic carbocycles. The molecule has 3 rings (SSSR count). The van der Waals surface area contributed by atoms with Crippen molar-refractivity contribution in [2.75, 3.05) is 7.11 Å². The van der Waals surface area contributed by atoms with E-state index in [-0.39, 0.29) is 5.91 Å². The van der Waals surface area contributed by atoms with Gasteiger partial charge in [-0.2, -0.15) is 4.99 Å². The maximum atomic E-state index is 12.7. The molecule has 0 unspecified atom stereocenters. The molecule has 0 spiro atoms. The summed E-state index contributed by atoms with van der Waals surface area (Å²) < 4.78 is 7.26. The molecule has 2 aromatic heterocycles. The minimum absolute atomic E-state index is 0.357. The Morgan fingerprint density at radius 1 is 1.38 bits per heavy atom. The van der Waals surface area contributed by atoms with Crippen molar-refractivity contribution in [3.05, 3.63) is 60.7 Å². The van der Waals surface area contributed by atoms with Crippen molar-refractivity contribution in [1.29, 1.82) is 0 Å². The summed E-state index contributed by atoms with van der Waals surface area (Å²) in [5.74, 6) is 0.0946. The normalized spacial score (nSPS) is 11.8. The number of carbonyl (C=O) groups is 1. The van der Waals surface area contributed by atoms with Crippen LogP contribution in [0.5, 0.6) is 5.75 Å². The van der Waals surface area contributed by atoms with Gasteiger partial charge in [-0.05, 0) is 32.0 Å². The van der Waals surface area contributed by atoms with E-state index >= 15 is 0 Å². The molecule has 0 aliphatic heterocycles. The number of carbonyl (C=O) groups excluding carboxylic acids is 1. The summed E-state index contributed by atoms with van der Waals surface area (Å²) in [5.41, 5.74) is 3.27. The van der Waals surface area contributed by atoms with Crippen LogP contribution in [0.3, 0.4) is 0 Å². The monoisotopic (exact) mass is 407 g/mol. The minimum atomic E-state index is -0.367. The molecule has 3 aromatic rings. The van der Waals surface area contributed by atoms with Crippen molar-refractivity contribution >= 4 is 40.2 Å². The molecule has 0 bridgehead atoms. The number of amides is 1. The van der Waals surface area contributed by atoms with Crippen LogP contribution >= 0.6 is 34.3 Å². The van der Waals surface area contributed by atoms with E-state index in [9.17, 15) is 4.79 Å². The van der Waals surface area contributed by atoms with Gasteiger partial charge in [-0.1, -0.05) is 11.6 Å². The number of halogens is 1. The molecule has 0 radical (unpaired) electrons. The van der Waals surface area contributed by atoms with Gasteiger partial charge in [-0.25, -0.2) is 4.98 Å². The second-order valence-corrected chi connectivity index (χ2v) is 8.28. The van der Waals surface area contributed by atoms with Crippen molar-refractivity contribution < 1.29 is 9.53 Å². The molecule has 1 amide bonds. The largest absolute Gasteiger partial charge is 0.496 e. The Morgan fingerprint density at radius 3 is 2.88 bits per heavy atom. The van der Waals surface area contributed by atoms with Crippen molar-refractivity contribution in [2.24, 2.45) is 4.99 Å². The van der Waals surface area contributed by atoms with Gasteiger partial charge in [0.15, 0.2) is 4.80 Å². The van der Waals surface area contributed by atoms with Crippen molar-refractivity contribution in [3.8, 4) is 5.75 Å². The lowest BCUT2D eigenvalue weighted by Gasteiger charge is -2.05. The third kappa shape index (κ3) is 4.23. The quantitative estimate of drug-likeness (QED) is 0.634. The zero-order chi connectivity index (χ0) is 18.7. The third-order valence-corrected chi connectivity index (χ3v) is 6.02. The molecule has 2 heterocycles. The summed E-state index contributed by atoms with van der Waals surface area (Å²) in [7, 11) is 1.52. The van der Waals surface area contributed by atoms with Crippen LogP contribution in [0, 0.1) is 13.8 Å². The zero-order valence-corrected chi connectivity index (χ0v) is 17.0. The molecular formula is C18H18ClN3O2S2. The number of benzene rings is 1. The first-order chi connectivity index (χ1) is 12.5. The van der Waals surface area contributed by atoms with Gasteiger partial charge in [0.25, 0.3) is 5.91 Å². The summed E-state index contributed by atoms with van der Waals surface area (Å²) in [6.45, 7) is 4.75. The van der Waals surface area contributed by atoms with E-state index in [0.29, 0.717) is 21.1 Å². The second-order valence-electron chi connectivity index (χ2n) is 5.69. The number of methoxy groups -OCH3 is 1. The predicted molar refractivity (Wildman–Crippen MR) is 105 cm³/mol. The number of rotatable bonds is 5. The van der Waals surface area contributed by atoms with E-state index in [0.717, 1.165) is 23.5 Å². The Balaban J connectivity index is 1.90. The number of hydrogen-bond acceptors (Lipinski definition) is 5. The topological polar surface area (TPSA) is 56.5 Å². The van der Waals surface area contributed by atoms with E-state index in [1.165, 1.54) is 23.3 Å². The Labute approximate surface area is 164 Å². The van der Waals surface area contributed by atoms with Crippen LogP contribution in [0.1, 0.15) is 25.8 Å². The van der Waals surface area contributed by atoms with Crippen LogP contribution in [-0.4, -0.2) is 22.6 Å². The molecule has 0 fully saturated rings. The molecule has 8 heteroatoms. The lowest BCUT2D eigenvalue weighted by molar-refractivity contribution is 0.0995. The van der Waals surface area contributed by atoms with Crippen LogP contribution in [-0.2, 0) is 13.0 Å². The molecule has 136 valence electrons. The highest BCUT2D eigenvalue weighted by Gasteiger charge is 2.13. The maximum absolute atomic E-state index is 12.7. The van der Waals surface area contributed by atoms with Gasteiger partial charge in [0.1, 0.15) is 5.75 Å². The van der Waals surface area contributed by atoms with Gasteiger partial charge in [0, 0.05) is 33.9 Å². The summed E-state index contributed by atoms with van der Waals surface area (Å²) in [6.07, 6.45) is 2.87. The first-order valence-electron chi connectivity index (χ1n) is 7.96. The number of nitrogens with zero attached hydrogens (tertiary/aromatic N) is 3. The zero-order valence-electron chi connectivity index (χ0n) is 14.7. The smallest absolute Gasteiger partial charge is 0.283 e. The van der Waals surface area contributed by atoms with E-state index in [1.807, 2.05) is 30.1 Å². The second kappa shape index (κ2) is 8.16. The molecule has 0 aliphatic carbocycles. The average Bonchev–Trinajstić information content (AvgIpc) is 3.18. The molecule has 0 saturated heterocycles. The SMILES string of the molecule is COc1ccc(Cl)cc1C(=O)/N=c1\sc(C)cn1CCc1scnc1C. The number of hydrogen-bond donors (Lipinski definition) is 0. The van der Waals surface area contributed by atoms with Crippen molar-refractivity contribution in [1.82, 2.24) is 9.55 Å². The number of ether oxygens (including phenoxy) is 1. The lowest BCUT2D eigenvalue weighted by atomic mass is 10.2. The van der Waals surface area contributed by atoms with Crippen molar-refractivity contribution in [3.63, 3.8) is 0 Å². The summed E-state index contributed by atoms with van der Waals surface area (Å²) in [6, 6.07) is 4.94. The van der Waals surface area contributed by atoms with Gasteiger partial charge >= 0.3 is 0 Å². The fourth-order valence-corrected chi connectivity index (χ4v) is 4.33. The Bertz CT molecular complexity index is 1000. The van der Waals surface area contributed by atoms with Gasteiger partial charge in [-0.15, -0.1) is 22.7 Å². The standard InChI is InChI=1S/C18H18ClN3O2S2/c1-11-9-22(7-6-16-12(2)20-10-25-16)18(26-11)21-17(23)14-8-13(19)4-5-15(14)24-3/h4-5,8-10H,6-7H2,1-3H3/b21-18-.